The van der Waals surface area contributed by atoms with Crippen LogP contribution in [0.1, 0.15) is 17.2 Å². The van der Waals surface area contributed by atoms with Crippen molar-refractivity contribution in [2.75, 3.05) is 13.1 Å². The predicted octanol–water partition coefficient (Wildman–Crippen LogP) is 2.10. The monoisotopic (exact) mass is 324 g/mol. The van der Waals surface area contributed by atoms with E-state index in [1.165, 1.54) is 17.7 Å². The summed E-state index contributed by atoms with van der Waals surface area (Å²) in [7, 11) is 0. The normalized spacial score (nSPS) is 12.4. The Morgan fingerprint density at radius 2 is 1.83 bits per heavy atom. The Balaban J connectivity index is 1.67. The summed E-state index contributed by atoms with van der Waals surface area (Å²) in [5, 5.41) is 24.2. The van der Waals surface area contributed by atoms with Crippen molar-refractivity contribution in [3.63, 3.8) is 0 Å². The summed E-state index contributed by atoms with van der Waals surface area (Å²) in [6, 6.07) is 16.3. The van der Waals surface area contributed by atoms with E-state index in [4.69, 9.17) is 0 Å². The second-order valence-corrected chi connectivity index (χ2v) is 5.74. The molecular weight excluding hydrogens is 304 g/mol. The molecule has 0 saturated carbocycles. The Bertz CT molecular complexity index is 875. The number of aliphatic hydroxyl groups is 1. The van der Waals surface area contributed by atoms with Gasteiger partial charge in [-0.15, -0.1) is 0 Å². The number of phenols is 1. The van der Waals surface area contributed by atoms with E-state index < -0.39 is 6.10 Å². The number of rotatable bonds is 6. The quantitative estimate of drug-likeness (QED) is 0.523. The molecule has 0 aliphatic rings. The minimum absolute atomic E-state index is 0.00399. The number of hydrogen-bond acceptors (Lipinski definition) is 4. The van der Waals surface area contributed by atoms with Crippen molar-refractivity contribution in [2.24, 2.45) is 0 Å². The summed E-state index contributed by atoms with van der Waals surface area (Å²) >= 11 is 0. The third-order valence-electron chi connectivity index (χ3n) is 4.04. The molecule has 1 aromatic heterocycles. The molecule has 3 aromatic rings. The van der Waals surface area contributed by atoms with Crippen molar-refractivity contribution in [2.45, 2.75) is 12.5 Å². The largest absolute Gasteiger partial charge is 0.506 e. The van der Waals surface area contributed by atoms with E-state index in [2.05, 4.69) is 22.4 Å². The fourth-order valence-electron chi connectivity index (χ4n) is 2.78. The van der Waals surface area contributed by atoms with Crippen molar-refractivity contribution in [1.82, 2.24) is 10.3 Å². The van der Waals surface area contributed by atoms with Gasteiger partial charge in [0.2, 0.25) is 5.56 Å². The number of benzene rings is 2. The van der Waals surface area contributed by atoms with Crippen LogP contribution in [0, 0.1) is 0 Å². The van der Waals surface area contributed by atoms with Gasteiger partial charge in [-0.25, -0.2) is 0 Å². The van der Waals surface area contributed by atoms with Crippen molar-refractivity contribution in [3.05, 3.63) is 76.1 Å². The van der Waals surface area contributed by atoms with Crippen LogP contribution in [0.5, 0.6) is 5.75 Å². The number of fused-ring (bicyclic) bond motifs is 1. The first-order chi connectivity index (χ1) is 11.6. The number of pyridine rings is 1. The standard InChI is InChI=1S/C19H20N2O3/c22-16-8-6-14(15-7-9-18(24)21-19(15)16)17(23)12-20-11-10-13-4-2-1-3-5-13/h1-9,17,20,22-23H,10-12H2,(H,21,24)/t17-/m0/s1. The summed E-state index contributed by atoms with van der Waals surface area (Å²) in [5.74, 6) is -0.00399. The number of aromatic nitrogens is 1. The number of aliphatic hydroxyl groups excluding tert-OH is 1. The molecule has 1 heterocycles. The van der Waals surface area contributed by atoms with Gasteiger partial charge in [0.15, 0.2) is 0 Å². The summed E-state index contributed by atoms with van der Waals surface area (Å²) < 4.78 is 0. The molecule has 5 nitrogen and oxygen atoms in total. The summed E-state index contributed by atoms with van der Waals surface area (Å²) in [6.45, 7) is 1.15. The van der Waals surface area contributed by atoms with E-state index in [-0.39, 0.29) is 11.3 Å². The molecule has 0 unspecified atom stereocenters. The smallest absolute Gasteiger partial charge is 0.248 e. The molecule has 0 radical (unpaired) electrons. The molecule has 124 valence electrons. The fraction of sp³-hybridized carbons (Fsp3) is 0.211. The zero-order valence-corrected chi connectivity index (χ0v) is 13.2. The third-order valence-corrected chi connectivity index (χ3v) is 4.04. The van der Waals surface area contributed by atoms with Crippen molar-refractivity contribution >= 4 is 10.9 Å². The first kappa shape index (κ1) is 16.2. The first-order valence-electron chi connectivity index (χ1n) is 7.93. The third kappa shape index (κ3) is 3.64. The minimum Gasteiger partial charge on any atom is -0.506 e. The summed E-state index contributed by atoms with van der Waals surface area (Å²) in [6.07, 6.45) is 0.159. The highest BCUT2D eigenvalue weighted by atomic mass is 16.3. The van der Waals surface area contributed by atoms with Crippen LogP contribution in [0.2, 0.25) is 0 Å². The predicted molar refractivity (Wildman–Crippen MR) is 94.2 cm³/mol. The Labute approximate surface area is 139 Å². The van der Waals surface area contributed by atoms with Gasteiger partial charge in [-0.3, -0.25) is 4.79 Å². The number of phenolic OH excluding ortho intramolecular Hbond substituents is 1. The Kier molecular flexibility index (Phi) is 4.93. The van der Waals surface area contributed by atoms with Gasteiger partial charge >= 0.3 is 0 Å². The molecule has 2 aromatic carbocycles. The minimum atomic E-state index is -0.727. The Hall–Kier alpha value is -2.63. The average molecular weight is 324 g/mol. The summed E-state index contributed by atoms with van der Waals surface area (Å²) in [5.41, 5.74) is 1.98. The van der Waals surface area contributed by atoms with Gasteiger partial charge in [0.25, 0.3) is 0 Å². The van der Waals surface area contributed by atoms with E-state index in [1.54, 1.807) is 12.1 Å². The lowest BCUT2D eigenvalue weighted by atomic mass is 10.0. The van der Waals surface area contributed by atoms with Crippen LogP contribution < -0.4 is 10.9 Å². The second-order valence-electron chi connectivity index (χ2n) is 5.74. The van der Waals surface area contributed by atoms with E-state index in [0.29, 0.717) is 23.0 Å². The SMILES string of the molecule is O=c1ccc2c([C@@H](O)CNCCc3ccccc3)ccc(O)c2[nH]1. The highest BCUT2D eigenvalue weighted by molar-refractivity contribution is 5.87. The lowest BCUT2D eigenvalue weighted by Gasteiger charge is -2.15. The van der Waals surface area contributed by atoms with Crippen LogP contribution in [0.25, 0.3) is 10.9 Å². The Morgan fingerprint density at radius 1 is 1.04 bits per heavy atom. The Morgan fingerprint density at radius 3 is 2.62 bits per heavy atom. The van der Waals surface area contributed by atoms with Gasteiger partial charge in [-0.05, 0) is 36.2 Å². The van der Waals surface area contributed by atoms with Crippen molar-refractivity contribution in [1.29, 1.82) is 0 Å². The van der Waals surface area contributed by atoms with E-state index in [1.807, 2.05) is 18.2 Å². The molecule has 0 bridgehead atoms. The molecule has 24 heavy (non-hydrogen) atoms. The molecule has 0 aliphatic carbocycles. The molecule has 4 N–H and O–H groups in total. The van der Waals surface area contributed by atoms with E-state index in [9.17, 15) is 15.0 Å². The average Bonchev–Trinajstić information content (AvgIpc) is 2.60. The first-order valence-corrected chi connectivity index (χ1v) is 7.93. The molecule has 0 aliphatic heterocycles. The molecular formula is C19H20N2O3. The van der Waals surface area contributed by atoms with Crippen LogP contribution >= 0.6 is 0 Å². The van der Waals surface area contributed by atoms with Gasteiger partial charge in [-0.2, -0.15) is 0 Å². The highest BCUT2D eigenvalue weighted by Crippen LogP contribution is 2.28. The number of hydrogen-bond donors (Lipinski definition) is 4. The zero-order valence-electron chi connectivity index (χ0n) is 13.2. The fourth-order valence-corrected chi connectivity index (χ4v) is 2.78. The number of H-pyrrole nitrogens is 1. The van der Waals surface area contributed by atoms with Gasteiger partial charge in [-0.1, -0.05) is 36.4 Å². The lowest BCUT2D eigenvalue weighted by Crippen LogP contribution is -2.24. The van der Waals surface area contributed by atoms with Crippen LogP contribution in [-0.4, -0.2) is 28.3 Å². The van der Waals surface area contributed by atoms with Crippen LogP contribution in [0.3, 0.4) is 0 Å². The second kappa shape index (κ2) is 7.29. The zero-order chi connectivity index (χ0) is 16.9. The van der Waals surface area contributed by atoms with Gasteiger partial charge in [0, 0.05) is 18.0 Å². The molecule has 5 heteroatoms. The molecule has 0 saturated heterocycles. The van der Waals surface area contributed by atoms with Gasteiger partial charge < -0.3 is 20.5 Å². The maximum atomic E-state index is 11.4. The van der Waals surface area contributed by atoms with E-state index >= 15 is 0 Å². The van der Waals surface area contributed by atoms with Crippen molar-refractivity contribution in [3.8, 4) is 5.75 Å². The van der Waals surface area contributed by atoms with Gasteiger partial charge in [0.05, 0.1) is 11.6 Å². The number of aromatic hydroxyl groups is 1. The van der Waals surface area contributed by atoms with Crippen LogP contribution in [0.4, 0.5) is 0 Å². The highest BCUT2D eigenvalue weighted by Gasteiger charge is 2.13. The van der Waals surface area contributed by atoms with Gasteiger partial charge in [0.1, 0.15) is 5.75 Å². The summed E-state index contributed by atoms with van der Waals surface area (Å²) in [4.78, 5) is 14.0. The van der Waals surface area contributed by atoms with Crippen LogP contribution in [-0.2, 0) is 6.42 Å². The molecule has 0 amide bonds. The van der Waals surface area contributed by atoms with E-state index in [0.717, 1.165) is 13.0 Å². The molecule has 0 fully saturated rings. The topological polar surface area (TPSA) is 85.3 Å². The molecule has 3 rings (SSSR count). The maximum Gasteiger partial charge on any atom is 0.248 e. The lowest BCUT2D eigenvalue weighted by molar-refractivity contribution is 0.176. The maximum absolute atomic E-state index is 11.4. The number of aromatic amines is 1. The van der Waals surface area contributed by atoms with Crippen LogP contribution in [0.15, 0.2) is 59.4 Å². The number of nitrogens with one attached hydrogen (secondary N) is 2. The molecule has 1 atom stereocenters. The molecule has 0 spiro atoms. The van der Waals surface area contributed by atoms with Crippen molar-refractivity contribution < 1.29 is 10.2 Å².